The van der Waals surface area contributed by atoms with Gasteiger partial charge in [0.05, 0.1) is 24.3 Å². The topological polar surface area (TPSA) is 86.5 Å². The van der Waals surface area contributed by atoms with E-state index in [1.165, 1.54) is 11.3 Å². The zero-order chi connectivity index (χ0) is 18.7. The highest BCUT2D eigenvalue weighted by molar-refractivity contribution is 7.11. The van der Waals surface area contributed by atoms with Crippen LogP contribution in [-0.2, 0) is 4.74 Å². The number of rotatable bonds is 6. The van der Waals surface area contributed by atoms with Gasteiger partial charge in [-0.05, 0) is 37.6 Å². The van der Waals surface area contributed by atoms with Crippen LogP contribution in [0.2, 0.25) is 0 Å². The molecule has 2 heterocycles. The molecule has 2 aromatic rings. The smallest absolute Gasteiger partial charge is 0.338 e. The fraction of sp³-hybridized carbons (Fsp3) is 0.316. The van der Waals surface area contributed by atoms with Crippen molar-refractivity contribution < 1.29 is 14.6 Å². The van der Waals surface area contributed by atoms with E-state index in [4.69, 9.17) is 10.1 Å². The zero-order valence-electron chi connectivity index (χ0n) is 14.8. The molecule has 0 aliphatic carbocycles. The summed E-state index contributed by atoms with van der Waals surface area (Å²) in [7, 11) is 0. The van der Waals surface area contributed by atoms with Crippen LogP contribution in [0.25, 0.3) is 5.57 Å². The van der Waals surface area contributed by atoms with Gasteiger partial charge in [0.1, 0.15) is 16.6 Å². The average molecular weight is 371 g/mol. The number of aromatic nitrogens is 1. The van der Waals surface area contributed by atoms with E-state index >= 15 is 0 Å². The highest BCUT2D eigenvalue weighted by Crippen LogP contribution is 2.32. The summed E-state index contributed by atoms with van der Waals surface area (Å²) < 4.78 is 5.20. The predicted molar refractivity (Wildman–Crippen MR) is 103 cm³/mol. The first-order valence-corrected chi connectivity index (χ1v) is 9.37. The third-order valence-corrected chi connectivity index (χ3v) is 5.06. The van der Waals surface area contributed by atoms with Crippen molar-refractivity contribution in [1.29, 1.82) is 5.41 Å². The average Bonchev–Trinajstić information content (AvgIpc) is 3.18. The maximum absolute atomic E-state index is 12.0. The number of hydrogen-bond acceptors (Lipinski definition) is 6. The molecule has 1 aliphatic rings. The lowest BCUT2D eigenvalue weighted by atomic mass is 10.2. The van der Waals surface area contributed by atoms with E-state index in [2.05, 4.69) is 4.98 Å². The van der Waals surface area contributed by atoms with Gasteiger partial charge in [-0.2, -0.15) is 0 Å². The summed E-state index contributed by atoms with van der Waals surface area (Å²) in [6, 6.07) is 6.88. The van der Waals surface area contributed by atoms with Gasteiger partial charge >= 0.3 is 5.97 Å². The number of thiazole rings is 1. The fourth-order valence-corrected chi connectivity index (χ4v) is 3.53. The second kappa shape index (κ2) is 7.70. The molecular formula is C19H21N3O3S. The van der Waals surface area contributed by atoms with E-state index < -0.39 is 0 Å². The van der Waals surface area contributed by atoms with Gasteiger partial charge in [0.25, 0.3) is 0 Å². The van der Waals surface area contributed by atoms with Crippen LogP contribution in [0.15, 0.2) is 35.4 Å². The molecule has 0 amide bonds. The first-order valence-electron chi connectivity index (χ1n) is 8.49. The van der Waals surface area contributed by atoms with Crippen LogP contribution in [-0.4, -0.2) is 35.0 Å². The van der Waals surface area contributed by atoms with Crippen LogP contribution in [0.5, 0.6) is 0 Å². The number of carbonyl (C=O) groups excluding carboxylic acids is 1. The van der Waals surface area contributed by atoms with Crippen molar-refractivity contribution in [3.8, 4) is 0 Å². The number of benzene rings is 1. The molecule has 3 rings (SSSR count). The summed E-state index contributed by atoms with van der Waals surface area (Å²) in [6.45, 7) is 4.56. The van der Waals surface area contributed by atoms with E-state index in [1.54, 1.807) is 29.2 Å². The minimum absolute atomic E-state index is 0.132. The number of carbonyl (C=O) groups is 1. The lowest BCUT2D eigenvalue weighted by Gasteiger charge is -2.18. The molecule has 0 radical (unpaired) electrons. The largest absolute Gasteiger partial charge is 0.510 e. The molecule has 1 aromatic carbocycles. The maximum Gasteiger partial charge on any atom is 0.338 e. The van der Waals surface area contributed by atoms with Crippen molar-refractivity contribution in [3.63, 3.8) is 0 Å². The van der Waals surface area contributed by atoms with Crippen LogP contribution >= 0.6 is 11.3 Å². The summed E-state index contributed by atoms with van der Waals surface area (Å²) in [5.74, 6) is -0.0102. The summed E-state index contributed by atoms with van der Waals surface area (Å²) in [4.78, 5) is 18.0. The number of esters is 1. The number of nitrogens with one attached hydrogen (secondary N) is 1. The Morgan fingerprint density at radius 3 is 2.73 bits per heavy atom. The molecular weight excluding hydrogens is 350 g/mol. The third kappa shape index (κ3) is 3.62. The van der Waals surface area contributed by atoms with Crippen LogP contribution < -0.4 is 4.90 Å². The molecule has 6 nitrogen and oxygen atoms in total. The molecule has 7 heteroatoms. The first kappa shape index (κ1) is 18.1. The number of aliphatic hydroxyl groups is 1. The van der Waals surface area contributed by atoms with E-state index in [9.17, 15) is 9.90 Å². The lowest BCUT2D eigenvalue weighted by Crippen LogP contribution is -2.26. The molecule has 1 aromatic heterocycles. The second-order valence-corrected chi connectivity index (χ2v) is 6.94. The molecule has 2 N–H and O–H groups in total. The van der Waals surface area contributed by atoms with Crippen LogP contribution in [0.4, 0.5) is 5.69 Å². The van der Waals surface area contributed by atoms with E-state index in [1.807, 2.05) is 19.2 Å². The van der Waals surface area contributed by atoms with Crippen LogP contribution in [0.3, 0.4) is 0 Å². The van der Waals surface area contributed by atoms with Crippen molar-refractivity contribution in [2.75, 3.05) is 18.1 Å². The predicted octanol–water partition coefficient (Wildman–Crippen LogP) is 4.17. The highest BCUT2D eigenvalue weighted by Gasteiger charge is 2.31. The minimum Gasteiger partial charge on any atom is -0.510 e. The van der Waals surface area contributed by atoms with Crippen molar-refractivity contribution in [2.45, 2.75) is 26.7 Å². The quantitative estimate of drug-likeness (QED) is 0.588. The Bertz CT molecular complexity index is 855. The molecule has 0 saturated heterocycles. The van der Waals surface area contributed by atoms with Gasteiger partial charge in [0.2, 0.25) is 0 Å². The molecule has 0 atom stereocenters. The van der Waals surface area contributed by atoms with Gasteiger partial charge in [-0.1, -0.05) is 13.3 Å². The SMILES string of the molecule is CCCCOC(=O)c1ccc(N2CC(O)=C(c3nc(C)cs3)C2=N)cc1. The Labute approximate surface area is 156 Å². The molecule has 0 fully saturated rings. The third-order valence-electron chi connectivity index (χ3n) is 4.08. The van der Waals surface area contributed by atoms with Crippen molar-refractivity contribution in [1.82, 2.24) is 4.98 Å². The van der Waals surface area contributed by atoms with Crippen molar-refractivity contribution in [2.24, 2.45) is 0 Å². The Hall–Kier alpha value is -2.67. The standard InChI is InChI=1S/C19H21N3O3S/c1-3-4-9-25-19(24)13-5-7-14(8-6-13)22-10-15(23)16(17(22)20)18-21-12(2)11-26-18/h5-8,11,20,23H,3-4,9-10H2,1-2H3. The number of hydrogen-bond donors (Lipinski definition) is 2. The van der Waals surface area contributed by atoms with Gasteiger partial charge < -0.3 is 14.7 Å². The highest BCUT2D eigenvalue weighted by atomic mass is 32.1. The van der Waals surface area contributed by atoms with E-state index in [-0.39, 0.29) is 24.1 Å². The Morgan fingerprint density at radius 1 is 1.38 bits per heavy atom. The summed E-state index contributed by atoms with van der Waals surface area (Å²) in [6.07, 6.45) is 1.82. The van der Waals surface area contributed by atoms with E-state index in [0.717, 1.165) is 24.2 Å². The van der Waals surface area contributed by atoms with Gasteiger partial charge in [0, 0.05) is 16.8 Å². The Morgan fingerprint density at radius 2 is 2.12 bits per heavy atom. The Kier molecular flexibility index (Phi) is 5.37. The molecule has 0 unspecified atom stereocenters. The second-order valence-electron chi connectivity index (χ2n) is 6.09. The monoisotopic (exact) mass is 371 g/mol. The Balaban J connectivity index is 1.73. The van der Waals surface area contributed by atoms with Gasteiger partial charge in [-0.15, -0.1) is 11.3 Å². The number of nitrogens with zero attached hydrogens (tertiary/aromatic N) is 2. The fourth-order valence-electron chi connectivity index (χ4n) is 2.66. The normalized spacial score (nSPS) is 14.2. The van der Waals surface area contributed by atoms with Crippen molar-refractivity contribution >= 4 is 34.4 Å². The maximum atomic E-state index is 12.0. The number of amidine groups is 1. The minimum atomic E-state index is -0.346. The summed E-state index contributed by atoms with van der Waals surface area (Å²) >= 11 is 1.41. The summed E-state index contributed by atoms with van der Waals surface area (Å²) in [5.41, 5.74) is 2.53. The van der Waals surface area contributed by atoms with Crippen molar-refractivity contribution in [3.05, 3.63) is 51.7 Å². The first-order chi connectivity index (χ1) is 12.5. The molecule has 0 bridgehead atoms. The molecule has 26 heavy (non-hydrogen) atoms. The lowest BCUT2D eigenvalue weighted by molar-refractivity contribution is 0.0500. The number of anilines is 1. The molecule has 136 valence electrons. The summed E-state index contributed by atoms with van der Waals surface area (Å²) in [5, 5.41) is 21.3. The van der Waals surface area contributed by atoms with Crippen LogP contribution in [0.1, 0.15) is 40.8 Å². The number of aliphatic hydroxyl groups excluding tert-OH is 1. The van der Waals surface area contributed by atoms with Crippen LogP contribution in [0, 0.1) is 12.3 Å². The zero-order valence-corrected chi connectivity index (χ0v) is 15.6. The number of unbranched alkanes of at least 4 members (excludes halogenated alkanes) is 1. The number of ether oxygens (including phenoxy) is 1. The van der Waals surface area contributed by atoms with Gasteiger partial charge in [-0.3, -0.25) is 5.41 Å². The van der Waals surface area contributed by atoms with Gasteiger partial charge in [-0.25, -0.2) is 9.78 Å². The van der Waals surface area contributed by atoms with Gasteiger partial charge in [0.15, 0.2) is 0 Å². The number of aryl methyl sites for hydroxylation is 1. The molecule has 1 aliphatic heterocycles. The molecule has 0 spiro atoms. The molecule has 0 saturated carbocycles. The van der Waals surface area contributed by atoms with E-state index in [0.29, 0.717) is 22.8 Å².